The van der Waals surface area contributed by atoms with Crippen LogP contribution in [0.25, 0.3) is 0 Å². The predicted octanol–water partition coefficient (Wildman–Crippen LogP) is 1.84. The number of carboxylic acids is 1. The molecule has 0 spiro atoms. The first-order valence-corrected chi connectivity index (χ1v) is 9.42. The third-order valence-corrected chi connectivity index (χ3v) is 5.32. The van der Waals surface area contributed by atoms with Crippen LogP contribution >= 0.6 is 0 Å². The SMILES string of the molecule is CS(=O)(=O)c1ccc(S(=O)CCCCCC(=O)O)cc1. The van der Waals surface area contributed by atoms with E-state index >= 15 is 0 Å². The van der Waals surface area contributed by atoms with Gasteiger partial charge in [0.15, 0.2) is 9.84 Å². The Morgan fingerprint density at radius 2 is 1.75 bits per heavy atom. The van der Waals surface area contributed by atoms with Crippen LogP contribution < -0.4 is 0 Å². The fraction of sp³-hybridized carbons (Fsp3) is 0.462. The summed E-state index contributed by atoms with van der Waals surface area (Å²) in [5.74, 6) is -0.361. The van der Waals surface area contributed by atoms with E-state index in [1.54, 1.807) is 12.1 Å². The molecule has 1 aromatic rings. The third-order valence-electron chi connectivity index (χ3n) is 2.74. The highest BCUT2D eigenvalue weighted by molar-refractivity contribution is 7.90. The van der Waals surface area contributed by atoms with Gasteiger partial charge < -0.3 is 5.11 Å². The molecule has 1 unspecified atom stereocenters. The van der Waals surface area contributed by atoms with Gasteiger partial charge in [-0.05, 0) is 37.1 Å². The molecule has 0 amide bonds. The fourth-order valence-electron chi connectivity index (χ4n) is 1.64. The maximum absolute atomic E-state index is 11.9. The molecular weight excluding hydrogens is 300 g/mol. The number of rotatable bonds is 8. The van der Waals surface area contributed by atoms with Crippen molar-refractivity contribution in [1.82, 2.24) is 0 Å². The lowest BCUT2D eigenvalue weighted by molar-refractivity contribution is -0.137. The molecule has 0 aliphatic carbocycles. The van der Waals surface area contributed by atoms with Crippen molar-refractivity contribution in [2.24, 2.45) is 0 Å². The van der Waals surface area contributed by atoms with Gasteiger partial charge in [0.25, 0.3) is 0 Å². The maximum Gasteiger partial charge on any atom is 0.303 e. The van der Waals surface area contributed by atoms with Crippen molar-refractivity contribution >= 4 is 26.6 Å². The molecule has 0 heterocycles. The van der Waals surface area contributed by atoms with E-state index in [9.17, 15) is 17.4 Å². The van der Waals surface area contributed by atoms with E-state index in [1.165, 1.54) is 12.1 Å². The Labute approximate surface area is 121 Å². The second kappa shape index (κ2) is 7.54. The monoisotopic (exact) mass is 318 g/mol. The molecule has 0 fully saturated rings. The number of hydrogen-bond acceptors (Lipinski definition) is 4. The fourth-order valence-corrected chi connectivity index (χ4v) is 3.41. The first kappa shape index (κ1) is 16.8. The van der Waals surface area contributed by atoms with E-state index in [0.717, 1.165) is 12.7 Å². The van der Waals surface area contributed by atoms with Crippen LogP contribution in [0, 0.1) is 0 Å². The van der Waals surface area contributed by atoms with Crippen LogP contribution in [0.5, 0.6) is 0 Å². The summed E-state index contributed by atoms with van der Waals surface area (Å²) in [4.78, 5) is 11.1. The molecule has 0 saturated carbocycles. The number of carbonyl (C=O) groups is 1. The Kier molecular flexibility index (Phi) is 6.35. The van der Waals surface area contributed by atoms with E-state index in [-0.39, 0.29) is 11.3 Å². The summed E-state index contributed by atoms with van der Waals surface area (Å²) in [5, 5.41) is 8.48. The van der Waals surface area contributed by atoms with Crippen molar-refractivity contribution in [3.63, 3.8) is 0 Å². The van der Waals surface area contributed by atoms with Gasteiger partial charge in [0.2, 0.25) is 0 Å². The standard InChI is InChI=1S/C13H18O5S2/c1-20(17,18)12-8-6-11(7-9-12)19(16)10-4-2-3-5-13(14)15/h6-9H,2-5,10H2,1H3,(H,14,15). The number of benzene rings is 1. The van der Waals surface area contributed by atoms with Gasteiger partial charge >= 0.3 is 5.97 Å². The predicted molar refractivity (Wildman–Crippen MR) is 76.9 cm³/mol. The van der Waals surface area contributed by atoms with E-state index in [1.807, 2.05) is 0 Å². The molecule has 1 rings (SSSR count). The van der Waals surface area contributed by atoms with Crippen LogP contribution in [-0.4, -0.2) is 35.7 Å². The van der Waals surface area contributed by atoms with Gasteiger partial charge in [-0.1, -0.05) is 6.42 Å². The van der Waals surface area contributed by atoms with Crippen LogP contribution in [0.3, 0.4) is 0 Å². The number of carboxylic acid groups (broad SMARTS) is 1. The zero-order chi connectivity index (χ0) is 15.2. The Bertz CT molecular complexity index is 575. The molecule has 112 valence electrons. The second-order valence-electron chi connectivity index (χ2n) is 4.50. The number of unbranched alkanes of at least 4 members (excludes halogenated alkanes) is 2. The second-order valence-corrected chi connectivity index (χ2v) is 8.08. The minimum Gasteiger partial charge on any atom is -0.481 e. The van der Waals surface area contributed by atoms with Gasteiger partial charge in [0.05, 0.1) is 15.7 Å². The molecule has 0 saturated heterocycles. The quantitative estimate of drug-likeness (QED) is 0.739. The molecule has 0 aromatic heterocycles. The summed E-state index contributed by atoms with van der Waals surface area (Å²) >= 11 is 0. The van der Waals surface area contributed by atoms with Crippen LogP contribution in [0.1, 0.15) is 25.7 Å². The smallest absolute Gasteiger partial charge is 0.303 e. The minimum atomic E-state index is -3.23. The Balaban J connectivity index is 2.46. The molecule has 7 heteroatoms. The summed E-state index contributed by atoms with van der Waals surface area (Å²) in [5.41, 5.74) is 0. The van der Waals surface area contributed by atoms with Crippen molar-refractivity contribution in [3.05, 3.63) is 24.3 Å². The highest BCUT2D eigenvalue weighted by Crippen LogP contribution is 2.14. The van der Waals surface area contributed by atoms with Crippen LogP contribution in [0.2, 0.25) is 0 Å². The molecule has 0 radical (unpaired) electrons. The van der Waals surface area contributed by atoms with Crippen LogP contribution in [0.4, 0.5) is 0 Å². The molecule has 5 nitrogen and oxygen atoms in total. The molecule has 20 heavy (non-hydrogen) atoms. The lowest BCUT2D eigenvalue weighted by Gasteiger charge is -2.03. The van der Waals surface area contributed by atoms with Gasteiger partial charge in [0, 0.05) is 23.3 Å². The van der Waals surface area contributed by atoms with Gasteiger partial charge in [-0.2, -0.15) is 0 Å². The first-order valence-electron chi connectivity index (χ1n) is 6.21. The average molecular weight is 318 g/mol. The third kappa shape index (κ3) is 5.83. The first-order chi connectivity index (χ1) is 9.30. The summed E-state index contributed by atoms with van der Waals surface area (Å²) in [6.45, 7) is 0. The molecule has 0 aliphatic heterocycles. The van der Waals surface area contributed by atoms with E-state index in [2.05, 4.69) is 0 Å². The van der Waals surface area contributed by atoms with Crippen molar-refractivity contribution in [2.75, 3.05) is 12.0 Å². The van der Waals surface area contributed by atoms with E-state index in [0.29, 0.717) is 23.5 Å². The molecule has 0 bridgehead atoms. The lowest BCUT2D eigenvalue weighted by Crippen LogP contribution is -2.01. The van der Waals surface area contributed by atoms with Crippen molar-refractivity contribution < 1.29 is 22.5 Å². The molecule has 0 aliphatic rings. The molecule has 1 N–H and O–H groups in total. The average Bonchev–Trinajstić information content (AvgIpc) is 2.37. The maximum atomic E-state index is 11.9. The summed E-state index contributed by atoms with van der Waals surface area (Å²) in [6, 6.07) is 6.02. The number of aliphatic carboxylic acids is 1. The van der Waals surface area contributed by atoms with Crippen molar-refractivity contribution in [1.29, 1.82) is 0 Å². The van der Waals surface area contributed by atoms with Gasteiger partial charge in [-0.25, -0.2) is 8.42 Å². The van der Waals surface area contributed by atoms with Crippen molar-refractivity contribution in [3.8, 4) is 0 Å². The van der Waals surface area contributed by atoms with E-state index < -0.39 is 26.6 Å². The summed E-state index contributed by atoms with van der Waals surface area (Å²) < 4.78 is 34.5. The normalized spacial score (nSPS) is 13.1. The summed E-state index contributed by atoms with van der Waals surface area (Å²) in [6.07, 6.45) is 3.25. The Hall–Kier alpha value is -1.21. The Morgan fingerprint density at radius 1 is 1.15 bits per heavy atom. The highest BCUT2D eigenvalue weighted by atomic mass is 32.2. The molecule has 1 atom stereocenters. The van der Waals surface area contributed by atoms with Crippen molar-refractivity contribution in [2.45, 2.75) is 35.5 Å². The summed E-state index contributed by atoms with van der Waals surface area (Å²) in [7, 11) is -4.41. The molecule has 1 aromatic carbocycles. The van der Waals surface area contributed by atoms with Gasteiger partial charge in [-0.3, -0.25) is 9.00 Å². The van der Waals surface area contributed by atoms with Crippen LogP contribution in [0.15, 0.2) is 34.1 Å². The molecular formula is C13H18O5S2. The van der Waals surface area contributed by atoms with Crippen LogP contribution in [-0.2, 0) is 25.4 Å². The number of sulfone groups is 1. The van der Waals surface area contributed by atoms with Gasteiger partial charge in [-0.15, -0.1) is 0 Å². The van der Waals surface area contributed by atoms with Gasteiger partial charge in [0.1, 0.15) is 0 Å². The number of hydrogen-bond donors (Lipinski definition) is 1. The zero-order valence-electron chi connectivity index (χ0n) is 11.2. The van der Waals surface area contributed by atoms with E-state index in [4.69, 9.17) is 5.11 Å². The topological polar surface area (TPSA) is 88.5 Å². The zero-order valence-corrected chi connectivity index (χ0v) is 12.9. The largest absolute Gasteiger partial charge is 0.481 e. The highest BCUT2D eigenvalue weighted by Gasteiger charge is 2.09. The lowest BCUT2D eigenvalue weighted by atomic mass is 10.2. The minimum absolute atomic E-state index is 0.135. The Morgan fingerprint density at radius 3 is 2.25 bits per heavy atom.